The topological polar surface area (TPSA) is 75.6 Å². The average molecular weight is 358 g/mol. The van der Waals surface area contributed by atoms with Crippen molar-refractivity contribution in [2.75, 3.05) is 58.2 Å². The molecular formula is C18H26N6O2. The molecule has 1 aliphatic heterocycles. The van der Waals surface area contributed by atoms with Crippen LogP contribution in [0.3, 0.4) is 0 Å². The average Bonchev–Trinajstić information content (AvgIpc) is 2.66. The normalized spacial score (nSPS) is 13.5. The lowest BCUT2D eigenvalue weighted by Crippen LogP contribution is -2.32. The molecule has 0 saturated carbocycles. The first kappa shape index (κ1) is 18.2. The largest absolute Gasteiger partial charge is 0.493 e. The molecule has 0 saturated heterocycles. The molecule has 0 fully saturated rings. The van der Waals surface area contributed by atoms with Crippen LogP contribution in [0.25, 0.3) is 0 Å². The van der Waals surface area contributed by atoms with Gasteiger partial charge < -0.3 is 24.6 Å². The molecule has 0 bridgehead atoms. The Kier molecular flexibility index (Phi) is 5.72. The predicted molar refractivity (Wildman–Crippen MR) is 101 cm³/mol. The molecule has 0 spiro atoms. The van der Waals surface area contributed by atoms with Gasteiger partial charge in [-0.25, -0.2) is 0 Å². The van der Waals surface area contributed by atoms with Crippen LogP contribution in [0.15, 0.2) is 18.3 Å². The summed E-state index contributed by atoms with van der Waals surface area (Å²) in [4.78, 5) is 8.86. The van der Waals surface area contributed by atoms with Gasteiger partial charge in [0.2, 0.25) is 5.95 Å². The molecule has 0 unspecified atom stereocenters. The van der Waals surface area contributed by atoms with Crippen molar-refractivity contribution in [2.24, 2.45) is 0 Å². The van der Waals surface area contributed by atoms with Crippen molar-refractivity contribution in [2.45, 2.75) is 13.0 Å². The van der Waals surface area contributed by atoms with Crippen molar-refractivity contribution in [3.05, 3.63) is 29.5 Å². The minimum absolute atomic E-state index is 0.639. The number of fused-ring (bicyclic) bond motifs is 1. The van der Waals surface area contributed by atoms with Gasteiger partial charge in [0.05, 0.1) is 20.4 Å². The van der Waals surface area contributed by atoms with Crippen molar-refractivity contribution in [1.82, 2.24) is 20.1 Å². The first-order chi connectivity index (χ1) is 12.6. The Hall–Kier alpha value is -2.61. The second-order valence-electron chi connectivity index (χ2n) is 6.52. The number of benzene rings is 1. The van der Waals surface area contributed by atoms with E-state index in [0.717, 1.165) is 49.9 Å². The molecule has 1 N–H and O–H groups in total. The Bertz CT molecular complexity index is 752. The Morgan fingerprint density at radius 1 is 1.15 bits per heavy atom. The predicted octanol–water partition coefficient (Wildman–Crippen LogP) is 1.42. The zero-order valence-electron chi connectivity index (χ0n) is 15.8. The molecule has 0 amide bonds. The maximum atomic E-state index is 5.42. The summed E-state index contributed by atoms with van der Waals surface area (Å²) in [5.41, 5.74) is 2.47. The van der Waals surface area contributed by atoms with Crippen LogP contribution in [0.4, 0.5) is 11.8 Å². The summed E-state index contributed by atoms with van der Waals surface area (Å²) in [6.45, 7) is 3.30. The molecule has 26 heavy (non-hydrogen) atoms. The van der Waals surface area contributed by atoms with Crippen LogP contribution in [0.2, 0.25) is 0 Å². The van der Waals surface area contributed by atoms with Crippen LogP contribution >= 0.6 is 0 Å². The lowest BCUT2D eigenvalue weighted by atomic mass is 9.99. The zero-order chi connectivity index (χ0) is 18.5. The molecule has 0 radical (unpaired) electrons. The number of nitrogens with one attached hydrogen (secondary N) is 1. The zero-order valence-corrected chi connectivity index (χ0v) is 15.8. The van der Waals surface area contributed by atoms with Gasteiger partial charge in [0.1, 0.15) is 0 Å². The number of anilines is 2. The number of methoxy groups -OCH3 is 2. The molecule has 8 heteroatoms. The van der Waals surface area contributed by atoms with Crippen LogP contribution in [-0.2, 0) is 13.0 Å². The van der Waals surface area contributed by atoms with Crippen LogP contribution in [-0.4, -0.2) is 68.0 Å². The van der Waals surface area contributed by atoms with E-state index in [0.29, 0.717) is 5.95 Å². The molecule has 140 valence electrons. The minimum Gasteiger partial charge on any atom is -0.493 e. The highest BCUT2D eigenvalue weighted by atomic mass is 16.5. The van der Waals surface area contributed by atoms with Crippen molar-refractivity contribution in [3.63, 3.8) is 0 Å². The quantitative estimate of drug-likeness (QED) is 0.797. The Morgan fingerprint density at radius 3 is 2.58 bits per heavy atom. The summed E-state index contributed by atoms with van der Waals surface area (Å²) in [5, 5.41) is 11.6. The van der Waals surface area contributed by atoms with Crippen LogP contribution < -0.4 is 19.7 Å². The summed E-state index contributed by atoms with van der Waals surface area (Å²) in [7, 11) is 7.40. The van der Waals surface area contributed by atoms with E-state index in [4.69, 9.17) is 9.47 Å². The van der Waals surface area contributed by atoms with Gasteiger partial charge in [0.15, 0.2) is 17.3 Å². The molecule has 1 aromatic heterocycles. The monoisotopic (exact) mass is 358 g/mol. The molecule has 3 rings (SSSR count). The van der Waals surface area contributed by atoms with Crippen molar-refractivity contribution in [1.29, 1.82) is 0 Å². The number of aromatic nitrogens is 3. The fourth-order valence-corrected chi connectivity index (χ4v) is 2.97. The van der Waals surface area contributed by atoms with Crippen LogP contribution in [0.1, 0.15) is 11.1 Å². The first-order valence-electron chi connectivity index (χ1n) is 8.67. The molecule has 2 aromatic rings. The Labute approximate surface area is 154 Å². The third kappa shape index (κ3) is 4.13. The van der Waals surface area contributed by atoms with E-state index in [-0.39, 0.29) is 0 Å². The van der Waals surface area contributed by atoms with E-state index in [1.807, 2.05) is 20.2 Å². The number of rotatable bonds is 7. The highest BCUT2D eigenvalue weighted by molar-refractivity contribution is 5.51. The van der Waals surface area contributed by atoms with Gasteiger partial charge in [0, 0.05) is 26.2 Å². The maximum absolute atomic E-state index is 5.42. The molecule has 0 atom stereocenters. The van der Waals surface area contributed by atoms with E-state index < -0.39 is 0 Å². The molecule has 1 aromatic carbocycles. The number of nitrogens with zero attached hydrogens (tertiary/aromatic N) is 5. The summed E-state index contributed by atoms with van der Waals surface area (Å²) in [6.07, 6.45) is 2.56. The van der Waals surface area contributed by atoms with Crippen molar-refractivity contribution < 1.29 is 9.47 Å². The number of ether oxygens (including phenoxy) is 2. The van der Waals surface area contributed by atoms with Gasteiger partial charge in [-0.3, -0.25) is 0 Å². The summed E-state index contributed by atoms with van der Waals surface area (Å²) < 4.78 is 10.8. The third-order valence-corrected chi connectivity index (χ3v) is 4.41. The van der Waals surface area contributed by atoms with Crippen LogP contribution in [0, 0.1) is 0 Å². The molecule has 0 aliphatic carbocycles. The van der Waals surface area contributed by atoms with E-state index in [1.165, 1.54) is 11.1 Å². The second kappa shape index (κ2) is 8.18. The second-order valence-corrected chi connectivity index (χ2v) is 6.52. The molecular weight excluding hydrogens is 332 g/mol. The van der Waals surface area contributed by atoms with Crippen LogP contribution in [0.5, 0.6) is 11.5 Å². The van der Waals surface area contributed by atoms with E-state index in [1.54, 1.807) is 20.4 Å². The summed E-state index contributed by atoms with van der Waals surface area (Å²) >= 11 is 0. The Balaban J connectivity index is 1.74. The number of hydrogen-bond donors (Lipinski definition) is 1. The fourth-order valence-electron chi connectivity index (χ4n) is 2.97. The van der Waals surface area contributed by atoms with E-state index in [9.17, 15) is 0 Å². The van der Waals surface area contributed by atoms with Gasteiger partial charge in [-0.1, -0.05) is 0 Å². The minimum atomic E-state index is 0.639. The van der Waals surface area contributed by atoms with Gasteiger partial charge in [0.25, 0.3) is 0 Å². The van der Waals surface area contributed by atoms with Gasteiger partial charge >= 0.3 is 0 Å². The smallest absolute Gasteiger partial charge is 0.247 e. The third-order valence-electron chi connectivity index (χ3n) is 4.41. The van der Waals surface area contributed by atoms with Gasteiger partial charge in [-0.15, -0.1) is 5.10 Å². The maximum Gasteiger partial charge on any atom is 0.247 e. The van der Waals surface area contributed by atoms with Crippen molar-refractivity contribution >= 4 is 11.8 Å². The highest BCUT2D eigenvalue weighted by Crippen LogP contribution is 2.33. The van der Waals surface area contributed by atoms with E-state index in [2.05, 4.69) is 36.4 Å². The lowest BCUT2D eigenvalue weighted by Gasteiger charge is -2.29. The lowest BCUT2D eigenvalue weighted by molar-refractivity contribution is 0.353. The fraction of sp³-hybridized carbons (Fsp3) is 0.500. The standard InChI is InChI=1S/C18H26N6O2/c1-23(2)8-6-19-17-11-20-22-18(21-17)24-7-5-13-9-15(25-3)16(26-4)10-14(13)12-24/h9-11H,5-8,12H2,1-4H3,(H,19,21,22). The van der Waals surface area contributed by atoms with Gasteiger partial charge in [-0.2, -0.15) is 10.1 Å². The van der Waals surface area contributed by atoms with Crippen molar-refractivity contribution in [3.8, 4) is 11.5 Å². The van der Waals surface area contributed by atoms with Gasteiger partial charge in [-0.05, 0) is 43.8 Å². The molecule has 8 nitrogen and oxygen atoms in total. The number of hydrogen-bond acceptors (Lipinski definition) is 8. The Morgan fingerprint density at radius 2 is 1.88 bits per heavy atom. The summed E-state index contributed by atoms with van der Waals surface area (Å²) in [6, 6.07) is 4.09. The molecule has 2 heterocycles. The first-order valence-corrected chi connectivity index (χ1v) is 8.67. The number of likely N-dealkylation sites (N-methyl/N-ethyl adjacent to an activating group) is 1. The SMILES string of the molecule is COc1cc2c(cc1OC)CN(c1nncc(NCCN(C)C)n1)CC2. The van der Waals surface area contributed by atoms with E-state index >= 15 is 0 Å². The molecule has 1 aliphatic rings. The summed E-state index contributed by atoms with van der Waals surface area (Å²) in [5.74, 6) is 2.89. The highest BCUT2D eigenvalue weighted by Gasteiger charge is 2.21.